The molecule has 1 aliphatic rings. The first-order valence-electron chi connectivity index (χ1n) is 7.19. The van der Waals surface area contributed by atoms with Crippen LogP contribution in [0.15, 0.2) is 33.6 Å². The van der Waals surface area contributed by atoms with E-state index in [4.69, 9.17) is 8.94 Å². The van der Waals surface area contributed by atoms with Crippen molar-refractivity contribution in [3.63, 3.8) is 0 Å². The number of hydrogen-bond donors (Lipinski definition) is 1. The number of carbonyl (C=O) groups excluding carboxylic acids is 2. The van der Waals surface area contributed by atoms with E-state index in [2.05, 4.69) is 10.5 Å². The number of nitrogens with zero attached hydrogens (tertiary/aromatic N) is 2. The number of carbonyl (C=O) groups is 2. The van der Waals surface area contributed by atoms with E-state index in [0.717, 1.165) is 12.8 Å². The molecule has 0 aromatic carbocycles. The SMILES string of the molecule is Cc1cc(NC(=O)[C@@H]2CCCN(C(=O)c3ccoc3)C2)no1. The number of aryl methyl sites for hydroxylation is 1. The summed E-state index contributed by atoms with van der Waals surface area (Å²) in [6.45, 7) is 2.80. The van der Waals surface area contributed by atoms with Gasteiger partial charge < -0.3 is 19.2 Å². The zero-order valence-electron chi connectivity index (χ0n) is 12.2. The van der Waals surface area contributed by atoms with Crippen molar-refractivity contribution in [1.29, 1.82) is 0 Å². The predicted molar refractivity (Wildman–Crippen MR) is 77.2 cm³/mol. The number of hydrogen-bond acceptors (Lipinski definition) is 5. The second-order valence-corrected chi connectivity index (χ2v) is 5.41. The van der Waals surface area contributed by atoms with Crippen molar-refractivity contribution < 1.29 is 18.5 Å². The third kappa shape index (κ3) is 3.03. The van der Waals surface area contributed by atoms with Gasteiger partial charge in [0.1, 0.15) is 12.0 Å². The summed E-state index contributed by atoms with van der Waals surface area (Å²) < 4.78 is 9.86. The van der Waals surface area contributed by atoms with Crippen molar-refractivity contribution in [2.45, 2.75) is 19.8 Å². The summed E-state index contributed by atoms with van der Waals surface area (Å²) in [6.07, 6.45) is 4.43. The Balaban J connectivity index is 1.62. The van der Waals surface area contributed by atoms with E-state index in [0.29, 0.717) is 30.2 Å². The van der Waals surface area contributed by atoms with Gasteiger partial charge in [0, 0.05) is 19.2 Å². The van der Waals surface area contributed by atoms with E-state index in [1.165, 1.54) is 12.5 Å². The van der Waals surface area contributed by atoms with Gasteiger partial charge >= 0.3 is 0 Å². The normalized spacial score (nSPS) is 18.2. The molecule has 1 fully saturated rings. The van der Waals surface area contributed by atoms with Crippen molar-refractivity contribution in [3.8, 4) is 0 Å². The van der Waals surface area contributed by atoms with E-state index in [9.17, 15) is 9.59 Å². The summed E-state index contributed by atoms with van der Waals surface area (Å²) in [6, 6.07) is 3.29. The average Bonchev–Trinajstić information content (AvgIpc) is 3.18. The maximum Gasteiger partial charge on any atom is 0.257 e. The van der Waals surface area contributed by atoms with Crippen molar-refractivity contribution in [1.82, 2.24) is 10.1 Å². The Morgan fingerprint density at radius 1 is 1.45 bits per heavy atom. The highest BCUT2D eigenvalue weighted by Gasteiger charge is 2.29. The fourth-order valence-electron chi connectivity index (χ4n) is 2.60. The lowest BCUT2D eigenvalue weighted by Crippen LogP contribution is -2.43. The number of amides is 2. The Hall–Kier alpha value is -2.57. The summed E-state index contributed by atoms with van der Waals surface area (Å²) in [5, 5.41) is 6.47. The standard InChI is InChI=1S/C15H17N3O4/c1-10-7-13(17-22-10)16-14(19)11-3-2-5-18(8-11)15(20)12-4-6-21-9-12/h4,6-7,9,11H,2-3,5,8H2,1H3,(H,16,17,19)/t11-/m1/s1. The Bertz CT molecular complexity index is 662. The van der Waals surface area contributed by atoms with Gasteiger partial charge in [-0.15, -0.1) is 0 Å². The third-order valence-corrected chi connectivity index (χ3v) is 3.73. The lowest BCUT2D eigenvalue weighted by Gasteiger charge is -2.31. The van der Waals surface area contributed by atoms with Crippen molar-refractivity contribution in [2.24, 2.45) is 5.92 Å². The molecule has 0 saturated carbocycles. The van der Waals surface area contributed by atoms with Crippen LogP contribution in [-0.2, 0) is 4.79 Å². The van der Waals surface area contributed by atoms with Gasteiger partial charge in [0.15, 0.2) is 5.82 Å². The van der Waals surface area contributed by atoms with E-state index in [1.54, 1.807) is 24.0 Å². The van der Waals surface area contributed by atoms with E-state index >= 15 is 0 Å². The molecule has 0 aliphatic carbocycles. The van der Waals surface area contributed by atoms with Crippen molar-refractivity contribution in [3.05, 3.63) is 36.0 Å². The number of piperidine rings is 1. The Morgan fingerprint density at radius 2 is 2.32 bits per heavy atom. The molecule has 0 spiro atoms. The molecule has 3 rings (SSSR count). The molecule has 0 unspecified atom stereocenters. The number of furan rings is 1. The molecule has 0 bridgehead atoms. The molecule has 3 heterocycles. The molecule has 1 aliphatic heterocycles. The van der Waals surface area contributed by atoms with E-state index < -0.39 is 0 Å². The van der Waals surface area contributed by atoms with Gasteiger partial charge in [-0.2, -0.15) is 0 Å². The van der Waals surface area contributed by atoms with Crippen LogP contribution in [-0.4, -0.2) is 35.0 Å². The molecular formula is C15H17N3O4. The largest absolute Gasteiger partial charge is 0.472 e. The van der Waals surface area contributed by atoms with Crippen molar-refractivity contribution in [2.75, 3.05) is 18.4 Å². The highest BCUT2D eigenvalue weighted by atomic mass is 16.5. The summed E-state index contributed by atoms with van der Waals surface area (Å²) in [5.74, 6) is 0.541. The van der Waals surface area contributed by atoms with Crippen molar-refractivity contribution >= 4 is 17.6 Å². The van der Waals surface area contributed by atoms with Crippen LogP contribution in [0.1, 0.15) is 29.0 Å². The van der Waals surface area contributed by atoms with Gasteiger partial charge in [0.05, 0.1) is 17.7 Å². The van der Waals surface area contributed by atoms with Crippen LogP contribution in [0.4, 0.5) is 5.82 Å². The summed E-state index contributed by atoms with van der Waals surface area (Å²) in [7, 11) is 0. The smallest absolute Gasteiger partial charge is 0.257 e. The Labute approximate surface area is 127 Å². The van der Waals surface area contributed by atoms with E-state index in [-0.39, 0.29) is 17.7 Å². The minimum atomic E-state index is -0.249. The van der Waals surface area contributed by atoms with Crippen LogP contribution in [0.3, 0.4) is 0 Å². The van der Waals surface area contributed by atoms with Gasteiger partial charge in [-0.25, -0.2) is 0 Å². The quantitative estimate of drug-likeness (QED) is 0.937. The van der Waals surface area contributed by atoms with Gasteiger partial charge in [-0.1, -0.05) is 5.16 Å². The van der Waals surface area contributed by atoms with Gasteiger partial charge in [0.2, 0.25) is 5.91 Å². The summed E-state index contributed by atoms with van der Waals surface area (Å²) >= 11 is 0. The first kappa shape index (κ1) is 14.4. The number of anilines is 1. The molecule has 2 amide bonds. The second-order valence-electron chi connectivity index (χ2n) is 5.41. The average molecular weight is 303 g/mol. The van der Waals surface area contributed by atoms with Crippen LogP contribution < -0.4 is 5.32 Å². The Kier molecular flexibility index (Phi) is 3.95. The fourth-order valence-corrected chi connectivity index (χ4v) is 2.60. The minimum Gasteiger partial charge on any atom is -0.472 e. The molecular weight excluding hydrogens is 286 g/mol. The fraction of sp³-hybridized carbons (Fsp3) is 0.400. The predicted octanol–water partition coefficient (Wildman–Crippen LogP) is 2.07. The molecule has 116 valence electrons. The topological polar surface area (TPSA) is 88.6 Å². The van der Waals surface area contributed by atoms with Crippen LogP contribution in [0.25, 0.3) is 0 Å². The Morgan fingerprint density at radius 3 is 3.00 bits per heavy atom. The highest BCUT2D eigenvalue weighted by molar-refractivity contribution is 5.95. The van der Waals surface area contributed by atoms with Gasteiger partial charge in [-0.3, -0.25) is 9.59 Å². The molecule has 22 heavy (non-hydrogen) atoms. The molecule has 1 N–H and O–H groups in total. The van der Waals surface area contributed by atoms with E-state index in [1.807, 2.05) is 0 Å². The lowest BCUT2D eigenvalue weighted by atomic mass is 9.96. The number of rotatable bonds is 3. The molecule has 7 heteroatoms. The zero-order chi connectivity index (χ0) is 15.5. The first-order chi connectivity index (χ1) is 10.6. The van der Waals surface area contributed by atoms with Crippen LogP contribution in [0, 0.1) is 12.8 Å². The van der Waals surface area contributed by atoms with Crippen LogP contribution in [0.5, 0.6) is 0 Å². The molecule has 7 nitrogen and oxygen atoms in total. The second kappa shape index (κ2) is 6.05. The third-order valence-electron chi connectivity index (χ3n) is 3.73. The molecule has 1 saturated heterocycles. The van der Waals surface area contributed by atoms with Crippen LogP contribution >= 0.6 is 0 Å². The van der Waals surface area contributed by atoms with Gasteiger partial charge in [0.25, 0.3) is 5.91 Å². The number of aromatic nitrogens is 1. The minimum absolute atomic E-state index is 0.108. The molecule has 2 aromatic rings. The zero-order valence-corrected chi connectivity index (χ0v) is 12.2. The summed E-state index contributed by atoms with van der Waals surface area (Å²) in [4.78, 5) is 26.3. The van der Waals surface area contributed by atoms with Crippen LogP contribution in [0.2, 0.25) is 0 Å². The summed E-state index contributed by atoms with van der Waals surface area (Å²) in [5.41, 5.74) is 0.508. The monoisotopic (exact) mass is 303 g/mol. The lowest BCUT2D eigenvalue weighted by molar-refractivity contribution is -0.121. The van der Waals surface area contributed by atoms with Gasteiger partial charge in [-0.05, 0) is 25.8 Å². The number of nitrogens with one attached hydrogen (secondary N) is 1. The number of likely N-dealkylation sites (tertiary alicyclic amines) is 1. The molecule has 2 aromatic heterocycles. The maximum absolute atomic E-state index is 12.3. The first-order valence-corrected chi connectivity index (χ1v) is 7.19. The highest BCUT2D eigenvalue weighted by Crippen LogP contribution is 2.20. The molecule has 0 radical (unpaired) electrons. The molecule has 1 atom stereocenters. The maximum atomic E-state index is 12.3.